The smallest absolute Gasteiger partial charge is 0.134 e. The van der Waals surface area contributed by atoms with Crippen molar-refractivity contribution in [3.63, 3.8) is 0 Å². The fraction of sp³-hybridized carbons (Fsp3) is 0.333. The Labute approximate surface area is 112 Å². The number of methoxy groups -OCH3 is 1. The van der Waals surface area contributed by atoms with Crippen LogP contribution in [0.15, 0.2) is 34.8 Å². The van der Waals surface area contributed by atoms with Crippen LogP contribution in [0.3, 0.4) is 0 Å². The Balaban J connectivity index is 1.83. The zero-order chi connectivity index (χ0) is 13.5. The standard InChI is InChI=1S/C15H18FNO2/c1-18-9-8-17-7-3-2-4-14-11-12-10-13(16)5-6-15(12)19-14/h2,4-6,10-11,17H,3,7-9H2,1H3/b4-2+. The van der Waals surface area contributed by atoms with Gasteiger partial charge in [0.25, 0.3) is 0 Å². The highest BCUT2D eigenvalue weighted by Gasteiger charge is 2.01. The molecule has 0 unspecified atom stereocenters. The number of ether oxygens (including phenoxy) is 1. The molecule has 0 atom stereocenters. The highest BCUT2D eigenvalue weighted by molar-refractivity contribution is 5.79. The number of benzene rings is 1. The molecule has 1 aromatic heterocycles. The van der Waals surface area contributed by atoms with Crippen LogP contribution < -0.4 is 5.32 Å². The van der Waals surface area contributed by atoms with Crippen LogP contribution in [0.4, 0.5) is 4.39 Å². The first kappa shape index (κ1) is 13.8. The van der Waals surface area contributed by atoms with Gasteiger partial charge in [0, 0.05) is 19.0 Å². The second-order valence-electron chi connectivity index (χ2n) is 4.26. The first-order valence-electron chi connectivity index (χ1n) is 6.35. The molecule has 2 rings (SSSR count). The summed E-state index contributed by atoms with van der Waals surface area (Å²) in [6.45, 7) is 2.47. The minimum Gasteiger partial charge on any atom is -0.457 e. The SMILES string of the molecule is COCCNCC/C=C/c1cc2cc(F)ccc2o1. The molecule has 102 valence electrons. The van der Waals surface area contributed by atoms with Crippen LogP contribution in [0.5, 0.6) is 0 Å². The lowest BCUT2D eigenvalue weighted by Gasteiger charge is -2.00. The Bertz CT molecular complexity index is 548. The summed E-state index contributed by atoms with van der Waals surface area (Å²) in [5, 5.41) is 4.04. The highest BCUT2D eigenvalue weighted by Crippen LogP contribution is 2.21. The quantitative estimate of drug-likeness (QED) is 0.779. The largest absolute Gasteiger partial charge is 0.457 e. The van der Waals surface area contributed by atoms with Crippen molar-refractivity contribution >= 4 is 17.0 Å². The molecule has 0 radical (unpaired) electrons. The molecule has 0 saturated carbocycles. The number of hydrogen-bond donors (Lipinski definition) is 1. The van der Waals surface area contributed by atoms with Crippen molar-refractivity contribution in [1.29, 1.82) is 0 Å². The molecule has 0 aliphatic rings. The van der Waals surface area contributed by atoms with Crippen molar-refractivity contribution in [3.05, 3.63) is 41.9 Å². The second kappa shape index (κ2) is 7.07. The fourth-order valence-corrected chi connectivity index (χ4v) is 1.80. The van der Waals surface area contributed by atoms with Crippen molar-refractivity contribution < 1.29 is 13.5 Å². The number of rotatable bonds is 7. The lowest BCUT2D eigenvalue weighted by Crippen LogP contribution is -2.19. The molecule has 1 N–H and O–H groups in total. The average Bonchev–Trinajstić information content (AvgIpc) is 2.79. The Kier molecular flexibility index (Phi) is 5.12. The van der Waals surface area contributed by atoms with Gasteiger partial charge in [-0.15, -0.1) is 0 Å². The molecular weight excluding hydrogens is 245 g/mol. The molecule has 0 spiro atoms. The van der Waals surface area contributed by atoms with Crippen LogP contribution in [0.2, 0.25) is 0 Å². The van der Waals surface area contributed by atoms with Gasteiger partial charge < -0.3 is 14.5 Å². The van der Waals surface area contributed by atoms with E-state index in [1.165, 1.54) is 12.1 Å². The Morgan fingerprint density at radius 1 is 1.32 bits per heavy atom. The number of furan rings is 1. The lowest BCUT2D eigenvalue weighted by atomic mass is 10.2. The summed E-state index contributed by atoms with van der Waals surface area (Å²) in [5.41, 5.74) is 0.708. The Morgan fingerprint density at radius 2 is 2.21 bits per heavy atom. The molecule has 0 aliphatic carbocycles. The molecule has 0 amide bonds. The van der Waals surface area contributed by atoms with Gasteiger partial charge in [-0.3, -0.25) is 0 Å². The summed E-state index contributed by atoms with van der Waals surface area (Å²) in [7, 11) is 1.69. The Morgan fingerprint density at radius 3 is 3.05 bits per heavy atom. The van der Waals surface area contributed by atoms with Crippen LogP contribution in [-0.4, -0.2) is 26.8 Å². The summed E-state index contributed by atoms with van der Waals surface area (Å²) in [5.74, 6) is 0.503. The van der Waals surface area contributed by atoms with E-state index in [0.29, 0.717) is 5.58 Å². The van der Waals surface area contributed by atoms with Gasteiger partial charge in [-0.05, 0) is 43.3 Å². The summed E-state index contributed by atoms with van der Waals surface area (Å²) < 4.78 is 23.5. The van der Waals surface area contributed by atoms with Gasteiger partial charge >= 0.3 is 0 Å². The zero-order valence-electron chi connectivity index (χ0n) is 11.0. The van der Waals surface area contributed by atoms with Crippen molar-refractivity contribution in [2.75, 3.05) is 26.8 Å². The van der Waals surface area contributed by atoms with E-state index >= 15 is 0 Å². The fourth-order valence-electron chi connectivity index (χ4n) is 1.80. The van der Waals surface area contributed by atoms with Gasteiger partial charge in [-0.1, -0.05) is 6.08 Å². The van der Waals surface area contributed by atoms with E-state index in [-0.39, 0.29) is 5.82 Å². The van der Waals surface area contributed by atoms with Crippen LogP contribution in [0.1, 0.15) is 12.2 Å². The van der Waals surface area contributed by atoms with Gasteiger partial charge in [-0.25, -0.2) is 4.39 Å². The molecule has 3 nitrogen and oxygen atoms in total. The van der Waals surface area contributed by atoms with E-state index in [9.17, 15) is 4.39 Å². The van der Waals surface area contributed by atoms with Crippen LogP contribution in [-0.2, 0) is 4.74 Å². The number of nitrogens with one attached hydrogen (secondary N) is 1. The van der Waals surface area contributed by atoms with Crippen molar-refractivity contribution in [1.82, 2.24) is 5.32 Å². The van der Waals surface area contributed by atoms with E-state index in [1.54, 1.807) is 13.2 Å². The van der Waals surface area contributed by atoms with E-state index in [0.717, 1.165) is 37.3 Å². The third-order valence-electron chi connectivity index (χ3n) is 2.75. The first-order chi connectivity index (χ1) is 9.29. The van der Waals surface area contributed by atoms with Gasteiger partial charge in [-0.2, -0.15) is 0 Å². The summed E-state index contributed by atoms with van der Waals surface area (Å²) in [6, 6.07) is 6.36. The maximum absolute atomic E-state index is 13.0. The van der Waals surface area contributed by atoms with Crippen molar-refractivity contribution in [3.8, 4) is 0 Å². The topological polar surface area (TPSA) is 34.4 Å². The van der Waals surface area contributed by atoms with Crippen LogP contribution in [0, 0.1) is 5.82 Å². The molecule has 0 saturated heterocycles. The summed E-state index contributed by atoms with van der Waals surface area (Å²) in [4.78, 5) is 0. The van der Waals surface area contributed by atoms with E-state index in [4.69, 9.17) is 9.15 Å². The lowest BCUT2D eigenvalue weighted by molar-refractivity contribution is 0.199. The third kappa shape index (κ3) is 4.19. The van der Waals surface area contributed by atoms with E-state index < -0.39 is 0 Å². The second-order valence-corrected chi connectivity index (χ2v) is 4.26. The van der Waals surface area contributed by atoms with E-state index in [1.807, 2.05) is 18.2 Å². The zero-order valence-corrected chi connectivity index (χ0v) is 11.0. The predicted molar refractivity (Wildman–Crippen MR) is 74.6 cm³/mol. The molecule has 2 aromatic rings. The monoisotopic (exact) mass is 263 g/mol. The summed E-state index contributed by atoms with van der Waals surface area (Å²) in [6.07, 6.45) is 4.86. The van der Waals surface area contributed by atoms with Gasteiger partial charge in [0.1, 0.15) is 17.2 Å². The van der Waals surface area contributed by atoms with Crippen molar-refractivity contribution in [2.45, 2.75) is 6.42 Å². The van der Waals surface area contributed by atoms with Gasteiger partial charge in [0.2, 0.25) is 0 Å². The third-order valence-corrected chi connectivity index (χ3v) is 2.75. The van der Waals surface area contributed by atoms with E-state index in [2.05, 4.69) is 5.32 Å². The number of fused-ring (bicyclic) bond motifs is 1. The van der Waals surface area contributed by atoms with Gasteiger partial charge in [0.15, 0.2) is 0 Å². The maximum atomic E-state index is 13.0. The minimum absolute atomic E-state index is 0.244. The average molecular weight is 263 g/mol. The predicted octanol–water partition coefficient (Wildman–Crippen LogP) is 3.21. The molecular formula is C15H18FNO2. The highest BCUT2D eigenvalue weighted by atomic mass is 19.1. The molecule has 0 aliphatic heterocycles. The maximum Gasteiger partial charge on any atom is 0.134 e. The molecule has 19 heavy (non-hydrogen) atoms. The normalized spacial score (nSPS) is 11.7. The number of hydrogen-bond acceptors (Lipinski definition) is 3. The molecule has 4 heteroatoms. The Hall–Kier alpha value is -1.65. The van der Waals surface area contributed by atoms with Crippen LogP contribution in [0.25, 0.3) is 17.0 Å². The number of halogens is 1. The summed E-state index contributed by atoms with van der Waals surface area (Å²) >= 11 is 0. The van der Waals surface area contributed by atoms with Crippen molar-refractivity contribution in [2.24, 2.45) is 0 Å². The molecule has 1 heterocycles. The first-order valence-corrected chi connectivity index (χ1v) is 6.35. The van der Waals surface area contributed by atoms with Crippen LogP contribution >= 0.6 is 0 Å². The van der Waals surface area contributed by atoms with Gasteiger partial charge in [0.05, 0.1) is 6.61 Å². The molecule has 0 fully saturated rings. The molecule has 0 bridgehead atoms. The minimum atomic E-state index is -0.244. The molecule has 1 aromatic carbocycles.